The zero-order valence-corrected chi connectivity index (χ0v) is 23.6. The topological polar surface area (TPSA) is 102 Å². The zero-order chi connectivity index (χ0) is 28.4. The fraction of sp³-hybridized carbons (Fsp3) is 0.419. The fourth-order valence-corrected chi connectivity index (χ4v) is 5.45. The van der Waals surface area contributed by atoms with Crippen molar-refractivity contribution in [3.05, 3.63) is 66.1 Å². The molecule has 0 bridgehead atoms. The van der Waals surface area contributed by atoms with Gasteiger partial charge < -0.3 is 14.2 Å². The quantitative estimate of drug-likeness (QED) is 0.298. The molecule has 0 unspecified atom stereocenters. The van der Waals surface area contributed by atoms with E-state index in [0.29, 0.717) is 17.4 Å². The summed E-state index contributed by atoms with van der Waals surface area (Å²) in [6.45, 7) is 8.03. The van der Waals surface area contributed by atoms with Gasteiger partial charge in [-0.3, -0.25) is 9.69 Å². The van der Waals surface area contributed by atoms with Crippen LogP contribution in [0.4, 0.5) is 5.82 Å². The van der Waals surface area contributed by atoms with Gasteiger partial charge in [-0.1, -0.05) is 25.1 Å². The number of benzene rings is 1. The number of hydrogen-bond donors (Lipinski definition) is 1. The van der Waals surface area contributed by atoms with E-state index in [0.717, 1.165) is 48.2 Å². The van der Waals surface area contributed by atoms with E-state index in [1.165, 1.54) is 0 Å². The number of esters is 1. The minimum Gasteiger partial charge on any atom is -0.462 e. The molecule has 4 aromatic rings. The Hall–Kier alpha value is -3.98. The van der Waals surface area contributed by atoms with Crippen LogP contribution in [0.5, 0.6) is 0 Å². The molecule has 3 aromatic heterocycles. The molecule has 1 aromatic carbocycles. The molecule has 3 heterocycles. The minimum absolute atomic E-state index is 0.0159. The van der Waals surface area contributed by atoms with E-state index in [1.807, 2.05) is 67.0 Å². The first kappa shape index (κ1) is 27.6. The molecule has 0 aliphatic heterocycles. The number of aromatic nitrogens is 4. The third kappa shape index (κ3) is 5.38. The molecule has 40 heavy (non-hydrogen) atoms. The Balaban J connectivity index is 1.48. The summed E-state index contributed by atoms with van der Waals surface area (Å²) in [5.74, 6) is 0.404. The lowest BCUT2D eigenvalue weighted by Crippen LogP contribution is -2.43. The molecule has 1 amide bonds. The predicted octanol–water partition coefficient (Wildman–Crippen LogP) is 5.42. The maximum atomic E-state index is 13.7. The number of rotatable bonds is 8. The number of imidazole rings is 1. The van der Waals surface area contributed by atoms with Crippen molar-refractivity contribution < 1.29 is 19.4 Å². The third-order valence-electron chi connectivity index (χ3n) is 7.70. The number of carbonyl (C=O) groups excluding carboxylic acids is 2. The molecule has 1 aliphatic rings. The van der Waals surface area contributed by atoms with Crippen molar-refractivity contribution in [3.63, 3.8) is 0 Å². The van der Waals surface area contributed by atoms with Gasteiger partial charge in [0.1, 0.15) is 11.2 Å². The van der Waals surface area contributed by atoms with Crippen LogP contribution in [-0.2, 0) is 16.1 Å². The molecular weight excluding hydrogens is 506 g/mol. The van der Waals surface area contributed by atoms with Gasteiger partial charge in [-0.2, -0.15) is 0 Å². The lowest BCUT2D eigenvalue weighted by Gasteiger charge is -2.32. The highest BCUT2D eigenvalue weighted by atomic mass is 16.5. The number of pyridine rings is 1. The van der Waals surface area contributed by atoms with Crippen molar-refractivity contribution >= 4 is 23.3 Å². The van der Waals surface area contributed by atoms with Crippen LogP contribution in [0, 0.1) is 11.8 Å². The van der Waals surface area contributed by atoms with Crippen LogP contribution in [-0.4, -0.2) is 48.8 Å². The molecule has 0 saturated heterocycles. The van der Waals surface area contributed by atoms with E-state index in [1.54, 1.807) is 22.7 Å². The average Bonchev–Trinajstić information content (AvgIpc) is 3.59. The molecule has 5 rings (SSSR count). The Morgan fingerprint density at radius 3 is 2.48 bits per heavy atom. The molecule has 9 nitrogen and oxygen atoms in total. The lowest BCUT2D eigenvalue weighted by atomic mass is 9.82. The van der Waals surface area contributed by atoms with Crippen molar-refractivity contribution in [2.75, 3.05) is 11.5 Å². The van der Waals surface area contributed by atoms with Crippen LogP contribution < -0.4 is 4.90 Å². The summed E-state index contributed by atoms with van der Waals surface area (Å²) in [5, 5.41) is 14.4. The Kier molecular flexibility index (Phi) is 8.02. The van der Waals surface area contributed by atoms with E-state index in [4.69, 9.17) is 14.8 Å². The maximum Gasteiger partial charge on any atom is 0.343 e. The zero-order valence-electron chi connectivity index (χ0n) is 23.6. The van der Waals surface area contributed by atoms with Gasteiger partial charge in [0.2, 0.25) is 5.91 Å². The number of aliphatic hydroxyl groups excluding tert-OH is 1. The number of ether oxygens (including phenoxy) is 1. The number of amides is 1. The number of anilines is 1. The smallest absolute Gasteiger partial charge is 0.343 e. The molecule has 9 heteroatoms. The van der Waals surface area contributed by atoms with Gasteiger partial charge in [0.15, 0.2) is 5.82 Å². The van der Waals surface area contributed by atoms with Crippen LogP contribution in [0.1, 0.15) is 69.3 Å². The highest BCUT2D eigenvalue weighted by molar-refractivity contribution is 6.02. The lowest BCUT2D eigenvalue weighted by molar-refractivity contribution is -0.124. The SMILES string of the molecule is CCOC(=O)c1cn(-c2ccc(-c3cn4cccc(CO)c4n3)cc2)nc1N(C(=O)C1CCC(C)CC1)C(C)C. The summed E-state index contributed by atoms with van der Waals surface area (Å²) in [4.78, 5) is 33.1. The first-order chi connectivity index (χ1) is 19.3. The normalized spacial score (nSPS) is 17.4. The molecule has 0 atom stereocenters. The second kappa shape index (κ2) is 11.6. The first-order valence-electron chi connectivity index (χ1n) is 14.1. The second-order valence-electron chi connectivity index (χ2n) is 10.9. The number of fused-ring (bicyclic) bond motifs is 1. The molecule has 1 fully saturated rings. The van der Waals surface area contributed by atoms with Crippen LogP contribution >= 0.6 is 0 Å². The van der Waals surface area contributed by atoms with E-state index in [9.17, 15) is 14.7 Å². The Bertz CT molecular complexity index is 1500. The Labute approximate surface area is 234 Å². The maximum absolute atomic E-state index is 13.7. The highest BCUT2D eigenvalue weighted by Gasteiger charge is 2.34. The number of aliphatic hydroxyl groups is 1. The summed E-state index contributed by atoms with van der Waals surface area (Å²) in [6.07, 6.45) is 9.23. The second-order valence-corrected chi connectivity index (χ2v) is 10.9. The highest BCUT2D eigenvalue weighted by Crippen LogP contribution is 2.33. The van der Waals surface area contributed by atoms with Crippen molar-refractivity contribution in [2.24, 2.45) is 11.8 Å². The van der Waals surface area contributed by atoms with E-state index < -0.39 is 5.97 Å². The summed E-state index contributed by atoms with van der Waals surface area (Å²) in [6, 6.07) is 11.2. The Morgan fingerprint density at radius 2 is 1.82 bits per heavy atom. The summed E-state index contributed by atoms with van der Waals surface area (Å²) in [5.41, 5.74) is 4.16. The van der Waals surface area contributed by atoms with Crippen molar-refractivity contribution in [2.45, 2.75) is 66.0 Å². The number of carbonyl (C=O) groups is 2. The molecule has 0 radical (unpaired) electrons. The van der Waals surface area contributed by atoms with Crippen molar-refractivity contribution in [1.29, 1.82) is 0 Å². The fourth-order valence-electron chi connectivity index (χ4n) is 5.45. The average molecular weight is 544 g/mol. The summed E-state index contributed by atoms with van der Waals surface area (Å²) in [7, 11) is 0. The van der Waals surface area contributed by atoms with Gasteiger partial charge >= 0.3 is 5.97 Å². The van der Waals surface area contributed by atoms with Gasteiger partial charge in [0.25, 0.3) is 0 Å². The third-order valence-corrected chi connectivity index (χ3v) is 7.70. The van der Waals surface area contributed by atoms with Crippen LogP contribution in [0.15, 0.2) is 55.0 Å². The van der Waals surface area contributed by atoms with Crippen LogP contribution in [0.2, 0.25) is 0 Å². The predicted molar refractivity (Wildman–Crippen MR) is 153 cm³/mol. The van der Waals surface area contributed by atoms with Crippen LogP contribution in [0.25, 0.3) is 22.6 Å². The minimum atomic E-state index is -0.500. The van der Waals surface area contributed by atoms with E-state index >= 15 is 0 Å². The molecular formula is C31H37N5O4. The van der Waals surface area contributed by atoms with E-state index in [-0.39, 0.29) is 36.6 Å². The van der Waals surface area contributed by atoms with Crippen LogP contribution in [0.3, 0.4) is 0 Å². The standard InChI is InChI=1S/C31H37N5O4/c1-5-40-31(39)26-17-35(33-29(26)36(20(2)3)30(38)23-10-8-21(4)9-11-23)25-14-12-22(13-15-25)27-18-34-16-6-7-24(19-37)28(34)32-27/h6-7,12-18,20-21,23,37H,5,8-11,19H2,1-4H3. The molecule has 0 spiro atoms. The summed E-state index contributed by atoms with van der Waals surface area (Å²) < 4.78 is 8.88. The monoisotopic (exact) mass is 543 g/mol. The van der Waals surface area contributed by atoms with Gasteiger partial charge in [-0.15, -0.1) is 5.10 Å². The van der Waals surface area contributed by atoms with E-state index in [2.05, 4.69) is 6.92 Å². The van der Waals surface area contributed by atoms with Crippen molar-refractivity contribution in [3.8, 4) is 16.9 Å². The van der Waals surface area contributed by atoms with Gasteiger partial charge in [-0.05, 0) is 70.6 Å². The number of nitrogens with zero attached hydrogens (tertiary/aromatic N) is 5. The largest absolute Gasteiger partial charge is 0.462 e. The molecule has 1 saturated carbocycles. The molecule has 1 N–H and O–H groups in total. The van der Waals surface area contributed by atoms with Gasteiger partial charge in [-0.25, -0.2) is 14.5 Å². The molecule has 1 aliphatic carbocycles. The number of hydrogen-bond acceptors (Lipinski definition) is 6. The van der Waals surface area contributed by atoms with Crippen molar-refractivity contribution in [1.82, 2.24) is 19.2 Å². The Morgan fingerprint density at radius 1 is 1.10 bits per heavy atom. The van der Waals surface area contributed by atoms with Gasteiger partial charge in [0, 0.05) is 41.7 Å². The summed E-state index contributed by atoms with van der Waals surface area (Å²) >= 11 is 0. The molecule has 210 valence electrons. The van der Waals surface area contributed by atoms with Gasteiger partial charge in [0.05, 0.1) is 24.6 Å². The first-order valence-corrected chi connectivity index (χ1v) is 14.1.